The number of primary amides is 1. The van der Waals surface area contributed by atoms with Crippen LogP contribution in [0.25, 0.3) is 20.8 Å². The molecular formula is C18H15N3O2S. The van der Waals surface area contributed by atoms with Crippen LogP contribution in [0.15, 0.2) is 48.5 Å². The first-order valence-electron chi connectivity index (χ1n) is 7.67. The highest BCUT2D eigenvalue weighted by atomic mass is 32.1. The number of amides is 2. The van der Waals surface area contributed by atoms with Crippen molar-refractivity contribution in [2.75, 3.05) is 11.4 Å². The minimum absolute atomic E-state index is 0.0692. The van der Waals surface area contributed by atoms with Gasteiger partial charge in [-0.05, 0) is 24.3 Å². The number of carbonyl (C=O) groups is 2. The number of para-hydroxylation sites is 1. The SMILES string of the molecule is NC(=O)[C@H]1CC(=O)N(c2cccc(-c3nc4ccccc4s3)c2)C1. The molecule has 2 amide bonds. The van der Waals surface area contributed by atoms with E-state index in [1.54, 1.807) is 16.2 Å². The van der Waals surface area contributed by atoms with Gasteiger partial charge in [0.05, 0.1) is 16.1 Å². The van der Waals surface area contributed by atoms with Gasteiger partial charge in [-0.25, -0.2) is 4.98 Å². The van der Waals surface area contributed by atoms with Gasteiger partial charge in [-0.3, -0.25) is 9.59 Å². The minimum atomic E-state index is -0.423. The highest BCUT2D eigenvalue weighted by molar-refractivity contribution is 7.21. The molecule has 0 unspecified atom stereocenters. The van der Waals surface area contributed by atoms with Crippen LogP contribution >= 0.6 is 11.3 Å². The summed E-state index contributed by atoms with van der Waals surface area (Å²) in [6, 6.07) is 15.7. The summed E-state index contributed by atoms with van der Waals surface area (Å²) in [5.41, 5.74) is 8.05. The molecule has 4 rings (SSSR count). The highest BCUT2D eigenvalue weighted by Crippen LogP contribution is 2.33. The Hall–Kier alpha value is -2.73. The van der Waals surface area contributed by atoms with Crippen LogP contribution in [-0.4, -0.2) is 23.3 Å². The summed E-state index contributed by atoms with van der Waals surface area (Å²) in [5.74, 6) is -0.906. The smallest absolute Gasteiger partial charge is 0.227 e. The molecule has 1 saturated heterocycles. The predicted molar refractivity (Wildman–Crippen MR) is 94.7 cm³/mol. The van der Waals surface area contributed by atoms with E-state index in [0.717, 1.165) is 26.5 Å². The Kier molecular flexibility index (Phi) is 3.54. The zero-order valence-corrected chi connectivity index (χ0v) is 13.6. The zero-order valence-electron chi connectivity index (χ0n) is 12.8. The molecule has 24 heavy (non-hydrogen) atoms. The number of fused-ring (bicyclic) bond motifs is 1. The molecule has 120 valence electrons. The largest absolute Gasteiger partial charge is 0.369 e. The molecule has 2 aromatic carbocycles. The molecule has 2 heterocycles. The van der Waals surface area contributed by atoms with E-state index in [-0.39, 0.29) is 12.3 Å². The number of benzene rings is 2. The number of nitrogens with zero attached hydrogens (tertiary/aromatic N) is 2. The van der Waals surface area contributed by atoms with E-state index >= 15 is 0 Å². The van der Waals surface area contributed by atoms with Crippen LogP contribution in [0.4, 0.5) is 5.69 Å². The topological polar surface area (TPSA) is 76.3 Å². The van der Waals surface area contributed by atoms with E-state index in [1.165, 1.54) is 0 Å². The summed E-state index contributed by atoms with van der Waals surface area (Å²) in [6.45, 7) is 0.345. The Balaban J connectivity index is 1.69. The average molecular weight is 337 g/mol. The summed E-state index contributed by atoms with van der Waals surface area (Å²) in [5, 5.41) is 0.913. The van der Waals surface area contributed by atoms with Crippen molar-refractivity contribution < 1.29 is 9.59 Å². The number of thiazole rings is 1. The molecule has 0 bridgehead atoms. The van der Waals surface area contributed by atoms with Crippen molar-refractivity contribution in [3.63, 3.8) is 0 Å². The Labute approximate surface area is 142 Å². The fraction of sp³-hybridized carbons (Fsp3) is 0.167. The number of carbonyl (C=O) groups excluding carboxylic acids is 2. The Morgan fingerprint density at radius 3 is 2.79 bits per heavy atom. The highest BCUT2D eigenvalue weighted by Gasteiger charge is 2.34. The van der Waals surface area contributed by atoms with Crippen LogP contribution in [0.3, 0.4) is 0 Å². The van der Waals surface area contributed by atoms with Gasteiger partial charge in [-0.15, -0.1) is 11.3 Å². The third-order valence-corrected chi connectivity index (χ3v) is 5.31. The molecule has 0 aliphatic carbocycles. The van der Waals surface area contributed by atoms with Crippen LogP contribution < -0.4 is 10.6 Å². The van der Waals surface area contributed by atoms with Crippen LogP contribution in [0, 0.1) is 5.92 Å². The van der Waals surface area contributed by atoms with Crippen molar-refractivity contribution >= 4 is 39.1 Å². The van der Waals surface area contributed by atoms with Crippen molar-refractivity contribution in [3.8, 4) is 10.6 Å². The number of hydrogen-bond acceptors (Lipinski definition) is 4. The summed E-state index contributed by atoms with van der Waals surface area (Å²) in [7, 11) is 0. The summed E-state index contributed by atoms with van der Waals surface area (Å²) >= 11 is 1.62. The normalized spacial score (nSPS) is 17.6. The van der Waals surface area contributed by atoms with Gasteiger partial charge in [-0.2, -0.15) is 0 Å². The molecule has 1 aromatic heterocycles. The molecule has 1 aliphatic rings. The average Bonchev–Trinajstić information content (AvgIpc) is 3.18. The summed E-state index contributed by atoms with van der Waals surface area (Å²) in [4.78, 5) is 29.8. The molecule has 2 N–H and O–H groups in total. The van der Waals surface area contributed by atoms with Crippen LogP contribution in [-0.2, 0) is 9.59 Å². The van der Waals surface area contributed by atoms with E-state index in [9.17, 15) is 9.59 Å². The standard InChI is InChI=1S/C18H15N3O2S/c19-17(23)12-9-16(22)21(10-12)13-5-3-4-11(8-13)18-20-14-6-1-2-7-15(14)24-18/h1-8,12H,9-10H2,(H2,19,23)/t12-/m0/s1. The fourth-order valence-corrected chi connectivity index (χ4v) is 3.91. The lowest BCUT2D eigenvalue weighted by Gasteiger charge is -2.16. The van der Waals surface area contributed by atoms with Gasteiger partial charge in [-0.1, -0.05) is 24.3 Å². The van der Waals surface area contributed by atoms with Gasteiger partial charge in [0, 0.05) is 24.2 Å². The molecule has 3 aromatic rings. The lowest BCUT2D eigenvalue weighted by molar-refractivity contribution is -0.123. The van der Waals surface area contributed by atoms with Crippen LogP contribution in [0.1, 0.15) is 6.42 Å². The van der Waals surface area contributed by atoms with Gasteiger partial charge < -0.3 is 10.6 Å². The van der Waals surface area contributed by atoms with Gasteiger partial charge in [0.1, 0.15) is 5.01 Å². The number of hydrogen-bond donors (Lipinski definition) is 1. The maximum absolute atomic E-state index is 12.2. The maximum atomic E-state index is 12.2. The third kappa shape index (κ3) is 2.55. The monoisotopic (exact) mass is 337 g/mol. The lowest BCUT2D eigenvalue weighted by Crippen LogP contribution is -2.28. The quantitative estimate of drug-likeness (QED) is 0.798. The van der Waals surface area contributed by atoms with E-state index in [1.807, 2.05) is 48.5 Å². The molecule has 6 heteroatoms. The van der Waals surface area contributed by atoms with E-state index in [4.69, 9.17) is 5.73 Å². The van der Waals surface area contributed by atoms with Crippen LogP contribution in [0.2, 0.25) is 0 Å². The van der Waals surface area contributed by atoms with E-state index < -0.39 is 11.8 Å². The molecule has 0 spiro atoms. The number of nitrogens with two attached hydrogens (primary N) is 1. The summed E-state index contributed by atoms with van der Waals surface area (Å²) < 4.78 is 1.13. The van der Waals surface area contributed by atoms with Crippen molar-refractivity contribution in [2.24, 2.45) is 11.7 Å². The number of aromatic nitrogens is 1. The first-order chi connectivity index (χ1) is 11.6. The third-order valence-electron chi connectivity index (χ3n) is 4.23. The summed E-state index contributed by atoms with van der Waals surface area (Å²) in [6.07, 6.45) is 0.181. The maximum Gasteiger partial charge on any atom is 0.227 e. The minimum Gasteiger partial charge on any atom is -0.369 e. The molecule has 1 fully saturated rings. The van der Waals surface area contributed by atoms with Gasteiger partial charge in [0.15, 0.2) is 0 Å². The predicted octanol–water partition coefficient (Wildman–Crippen LogP) is 2.80. The van der Waals surface area contributed by atoms with Crippen molar-refractivity contribution in [2.45, 2.75) is 6.42 Å². The van der Waals surface area contributed by atoms with Gasteiger partial charge in [0.25, 0.3) is 0 Å². The van der Waals surface area contributed by atoms with Crippen molar-refractivity contribution in [1.29, 1.82) is 0 Å². The first kappa shape index (κ1) is 14.8. The number of anilines is 1. The lowest BCUT2D eigenvalue weighted by atomic mass is 10.1. The Morgan fingerprint density at radius 2 is 2.04 bits per heavy atom. The second kappa shape index (κ2) is 5.72. The molecule has 0 saturated carbocycles. The van der Waals surface area contributed by atoms with E-state index in [0.29, 0.717) is 6.54 Å². The van der Waals surface area contributed by atoms with Gasteiger partial charge >= 0.3 is 0 Å². The second-order valence-electron chi connectivity index (χ2n) is 5.84. The van der Waals surface area contributed by atoms with Gasteiger partial charge in [0.2, 0.25) is 11.8 Å². The molecular weight excluding hydrogens is 322 g/mol. The second-order valence-corrected chi connectivity index (χ2v) is 6.88. The van der Waals surface area contributed by atoms with E-state index in [2.05, 4.69) is 4.98 Å². The number of rotatable bonds is 3. The van der Waals surface area contributed by atoms with Crippen molar-refractivity contribution in [3.05, 3.63) is 48.5 Å². The first-order valence-corrected chi connectivity index (χ1v) is 8.49. The zero-order chi connectivity index (χ0) is 16.7. The van der Waals surface area contributed by atoms with Crippen LogP contribution in [0.5, 0.6) is 0 Å². The molecule has 1 atom stereocenters. The molecule has 0 radical (unpaired) electrons. The fourth-order valence-electron chi connectivity index (χ4n) is 2.95. The molecule has 5 nitrogen and oxygen atoms in total. The Bertz CT molecular complexity index is 917. The Morgan fingerprint density at radius 1 is 1.21 bits per heavy atom. The molecule has 1 aliphatic heterocycles. The van der Waals surface area contributed by atoms with Crippen molar-refractivity contribution in [1.82, 2.24) is 4.98 Å².